The van der Waals surface area contributed by atoms with Crippen molar-refractivity contribution >= 4 is 11.8 Å². The fourth-order valence-corrected chi connectivity index (χ4v) is 3.80. The molecule has 0 radical (unpaired) electrons. The molecule has 0 amide bonds. The van der Waals surface area contributed by atoms with E-state index in [1.165, 1.54) is 31.8 Å². The van der Waals surface area contributed by atoms with Gasteiger partial charge in [-0.3, -0.25) is 0 Å². The van der Waals surface area contributed by atoms with Gasteiger partial charge < -0.3 is 15.0 Å². The average molecular weight is 258 g/mol. The molecule has 3 nitrogen and oxygen atoms in total. The molecule has 0 aromatic rings. The van der Waals surface area contributed by atoms with Gasteiger partial charge in [0.05, 0.1) is 13.2 Å². The van der Waals surface area contributed by atoms with E-state index in [2.05, 4.69) is 35.8 Å². The standard InChI is InChI=1S/C13H26N2OS/c1-3-4-14-13-10-16-9-12(13)8-15-5-6-17-11(2)7-15/h11-14H,3-10H2,1-2H3. The SMILES string of the molecule is CCCNC1COCC1CN1CCSC(C)C1. The third-order valence-electron chi connectivity index (χ3n) is 3.67. The topological polar surface area (TPSA) is 24.5 Å². The Hall–Kier alpha value is 0.230. The summed E-state index contributed by atoms with van der Waals surface area (Å²) in [6.45, 7) is 11.3. The maximum absolute atomic E-state index is 5.64. The second-order valence-electron chi connectivity index (χ2n) is 5.30. The van der Waals surface area contributed by atoms with Crippen LogP contribution >= 0.6 is 11.8 Å². The van der Waals surface area contributed by atoms with Gasteiger partial charge in [0.25, 0.3) is 0 Å². The van der Waals surface area contributed by atoms with Crippen LogP contribution in [0.25, 0.3) is 0 Å². The summed E-state index contributed by atoms with van der Waals surface area (Å²) in [5, 5.41) is 4.42. The first-order valence-corrected chi connectivity index (χ1v) is 7.99. The third-order valence-corrected chi connectivity index (χ3v) is 4.81. The Morgan fingerprint density at radius 2 is 2.29 bits per heavy atom. The Morgan fingerprint density at radius 1 is 1.41 bits per heavy atom. The molecule has 3 unspecified atom stereocenters. The zero-order valence-corrected chi connectivity index (χ0v) is 12.0. The fraction of sp³-hybridized carbons (Fsp3) is 1.00. The Bertz CT molecular complexity index is 227. The normalized spacial score (nSPS) is 35.3. The highest BCUT2D eigenvalue weighted by atomic mass is 32.2. The number of nitrogens with one attached hydrogen (secondary N) is 1. The quantitative estimate of drug-likeness (QED) is 0.806. The van der Waals surface area contributed by atoms with Crippen LogP contribution in [-0.2, 0) is 4.74 Å². The minimum Gasteiger partial charge on any atom is -0.379 e. The van der Waals surface area contributed by atoms with Crippen LogP contribution in [0.4, 0.5) is 0 Å². The Kier molecular flexibility index (Phi) is 5.60. The van der Waals surface area contributed by atoms with Gasteiger partial charge in [-0.05, 0) is 13.0 Å². The summed E-state index contributed by atoms with van der Waals surface area (Å²) in [6, 6.07) is 0.583. The molecule has 0 aliphatic carbocycles. The lowest BCUT2D eigenvalue weighted by atomic mass is 10.0. The zero-order valence-electron chi connectivity index (χ0n) is 11.2. The van der Waals surface area contributed by atoms with E-state index in [0.717, 1.165) is 25.0 Å². The van der Waals surface area contributed by atoms with Crippen LogP contribution in [0.3, 0.4) is 0 Å². The van der Waals surface area contributed by atoms with E-state index in [4.69, 9.17) is 4.74 Å². The van der Waals surface area contributed by atoms with E-state index in [1.54, 1.807) is 0 Å². The van der Waals surface area contributed by atoms with E-state index < -0.39 is 0 Å². The van der Waals surface area contributed by atoms with Gasteiger partial charge in [-0.2, -0.15) is 11.8 Å². The fourth-order valence-electron chi connectivity index (χ4n) is 2.72. The van der Waals surface area contributed by atoms with E-state index in [0.29, 0.717) is 12.0 Å². The van der Waals surface area contributed by atoms with Gasteiger partial charge in [-0.1, -0.05) is 13.8 Å². The van der Waals surface area contributed by atoms with Gasteiger partial charge in [0.2, 0.25) is 0 Å². The summed E-state index contributed by atoms with van der Waals surface area (Å²) in [6.07, 6.45) is 1.21. The minimum atomic E-state index is 0.583. The van der Waals surface area contributed by atoms with Crippen molar-refractivity contribution in [2.45, 2.75) is 31.6 Å². The van der Waals surface area contributed by atoms with Gasteiger partial charge in [-0.25, -0.2) is 0 Å². The molecule has 100 valence electrons. The molecular weight excluding hydrogens is 232 g/mol. The van der Waals surface area contributed by atoms with Gasteiger partial charge in [0.1, 0.15) is 0 Å². The molecule has 2 aliphatic heterocycles. The molecule has 2 heterocycles. The zero-order chi connectivity index (χ0) is 12.1. The number of hydrogen-bond acceptors (Lipinski definition) is 4. The second-order valence-corrected chi connectivity index (χ2v) is 6.85. The monoisotopic (exact) mass is 258 g/mol. The van der Waals surface area contributed by atoms with Crippen molar-refractivity contribution in [3.05, 3.63) is 0 Å². The molecule has 0 aromatic heterocycles. The summed E-state index contributed by atoms with van der Waals surface area (Å²) in [5.41, 5.74) is 0. The smallest absolute Gasteiger partial charge is 0.0623 e. The van der Waals surface area contributed by atoms with E-state index in [9.17, 15) is 0 Å². The molecule has 3 atom stereocenters. The number of thioether (sulfide) groups is 1. The van der Waals surface area contributed by atoms with E-state index in [1.807, 2.05) is 0 Å². The van der Waals surface area contributed by atoms with Gasteiger partial charge in [0.15, 0.2) is 0 Å². The maximum atomic E-state index is 5.64. The summed E-state index contributed by atoms with van der Waals surface area (Å²) < 4.78 is 5.64. The number of hydrogen-bond donors (Lipinski definition) is 1. The van der Waals surface area contributed by atoms with Gasteiger partial charge in [-0.15, -0.1) is 0 Å². The van der Waals surface area contributed by atoms with Crippen molar-refractivity contribution in [3.8, 4) is 0 Å². The molecule has 0 aromatic carbocycles. The highest BCUT2D eigenvalue weighted by molar-refractivity contribution is 7.99. The van der Waals surface area contributed by atoms with Crippen LogP contribution < -0.4 is 5.32 Å². The molecular formula is C13H26N2OS. The largest absolute Gasteiger partial charge is 0.379 e. The van der Waals surface area contributed by atoms with Crippen molar-refractivity contribution in [3.63, 3.8) is 0 Å². The summed E-state index contributed by atoms with van der Waals surface area (Å²) in [7, 11) is 0. The van der Waals surface area contributed by atoms with Gasteiger partial charge >= 0.3 is 0 Å². The molecule has 0 saturated carbocycles. The molecule has 17 heavy (non-hydrogen) atoms. The first-order chi connectivity index (χ1) is 8.29. The van der Waals surface area contributed by atoms with Crippen LogP contribution in [0.15, 0.2) is 0 Å². The molecule has 2 rings (SSSR count). The molecule has 2 fully saturated rings. The van der Waals surface area contributed by atoms with Crippen molar-refractivity contribution in [2.75, 3.05) is 45.1 Å². The first-order valence-electron chi connectivity index (χ1n) is 6.94. The lowest BCUT2D eigenvalue weighted by Crippen LogP contribution is -2.45. The van der Waals surface area contributed by atoms with Gasteiger partial charge in [0, 0.05) is 42.6 Å². The lowest BCUT2D eigenvalue weighted by Gasteiger charge is -2.33. The van der Waals surface area contributed by atoms with Crippen molar-refractivity contribution < 1.29 is 4.74 Å². The number of nitrogens with zero attached hydrogens (tertiary/aromatic N) is 1. The Labute approximate surface area is 110 Å². The predicted molar refractivity (Wildman–Crippen MR) is 74.8 cm³/mol. The highest BCUT2D eigenvalue weighted by Crippen LogP contribution is 2.21. The van der Waals surface area contributed by atoms with Crippen molar-refractivity contribution in [2.24, 2.45) is 5.92 Å². The maximum Gasteiger partial charge on any atom is 0.0623 e. The average Bonchev–Trinajstić information content (AvgIpc) is 2.74. The summed E-state index contributed by atoms with van der Waals surface area (Å²) in [5.74, 6) is 1.98. The lowest BCUT2D eigenvalue weighted by molar-refractivity contribution is 0.168. The Balaban J connectivity index is 1.76. The minimum absolute atomic E-state index is 0.583. The third kappa shape index (κ3) is 4.12. The second kappa shape index (κ2) is 6.98. The number of rotatable bonds is 5. The highest BCUT2D eigenvalue weighted by Gasteiger charge is 2.30. The van der Waals surface area contributed by atoms with E-state index >= 15 is 0 Å². The molecule has 4 heteroatoms. The number of ether oxygens (including phenoxy) is 1. The summed E-state index contributed by atoms with van der Waals surface area (Å²) >= 11 is 2.11. The molecule has 0 bridgehead atoms. The summed E-state index contributed by atoms with van der Waals surface area (Å²) in [4.78, 5) is 2.63. The molecule has 0 spiro atoms. The molecule has 1 N–H and O–H groups in total. The van der Waals surface area contributed by atoms with Crippen LogP contribution in [0.5, 0.6) is 0 Å². The predicted octanol–water partition coefficient (Wildman–Crippen LogP) is 1.44. The van der Waals surface area contributed by atoms with E-state index in [-0.39, 0.29) is 0 Å². The van der Waals surface area contributed by atoms with Crippen LogP contribution in [0.2, 0.25) is 0 Å². The van der Waals surface area contributed by atoms with Crippen molar-refractivity contribution in [1.29, 1.82) is 0 Å². The molecule has 2 saturated heterocycles. The van der Waals surface area contributed by atoms with Crippen LogP contribution in [0, 0.1) is 5.92 Å². The van der Waals surface area contributed by atoms with Crippen LogP contribution in [0.1, 0.15) is 20.3 Å². The Morgan fingerprint density at radius 3 is 3.06 bits per heavy atom. The first kappa shape index (κ1) is 13.7. The molecule has 2 aliphatic rings. The van der Waals surface area contributed by atoms with Crippen molar-refractivity contribution in [1.82, 2.24) is 10.2 Å². The van der Waals surface area contributed by atoms with Crippen LogP contribution in [-0.4, -0.2) is 61.3 Å².